The minimum atomic E-state index is 0.376. The number of anilines is 2. The minimum absolute atomic E-state index is 0.376. The van der Waals surface area contributed by atoms with E-state index in [9.17, 15) is 0 Å². The highest BCUT2D eigenvalue weighted by atomic mass is 79.9. The van der Waals surface area contributed by atoms with Crippen molar-refractivity contribution in [2.75, 3.05) is 5.32 Å². The predicted molar refractivity (Wildman–Crippen MR) is 92.5 cm³/mol. The Hall–Kier alpha value is -0.620. The molecule has 0 amide bonds. The molecule has 0 aliphatic carbocycles. The zero-order chi connectivity index (χ0) is 14.0. The van der Waals surface area contributed by atoms with E-state index in [1.807, 2.05) is 36.4 Å². The van der Waals surface area contributed by atoms with Crippen LogP contribution in [0.2, 0.25) is 5.02 Å². The van der Waals surface area contributed by atoms with Crippen LogP contribution in [0, 0.1) is 0 Å². The first kappa shape index (κ1) is 14.8. The van der Waals surface area contributed by atoms with E-state index in [1.165, 1.54) is 0 Å². The van der Waals surface area contributed by atoms with E-state index in [-0.39, 0.29) is 0 Å². The molecule has 2 nitrogen and oxygen atoms in total. The third kappa shape index (κ3) is 3.69. The van der Waals surface area contributed by atoms with Gasteiger partial charge >= 0.3 is 0 Å². The fraction of sp³-hybridized carbons (Fsp3) is 0. The second-order valence-electron chi connectivity index (χ2n) is 3.81. The number of nitrogens with two attached hydrogens (primary N) is 1. The van der Waals surface area contributed by atoms with Gasteiger partial charge in [-0.3, -0.25) is 0 Å². The summed E-state index contributed by atoms with van der Waals surface area (Å²) >= 11 is 17.8. The van der Waals surface area contributed by atoms with Crippen LogP contribution in [0.15, 0.2) is 45.3 Å². The number of hydrogen-bond donors (Lipinski definition) is 2. The summed E-state index contributed by atoms with van der Waals surface area (Å²) in [5.74, 6) is 0. The molecule has 0 heterocycles. The summed E-state index contributed by atoms with van der Waals surface area (Å²) in [5, 5.41) is 3.96. The van der Waals surface area contributed by atoms with Gasteiger partial charge < -0.3 is 11.1 Å². The van der Waals surface area contributed by atoms with E-state index in [4.69, 9.17) is 29.6 Å². The maximum atomic E-state index is 5.96. The summed E-state index contributed by atoms with van der Waals surface area (Å²) in [7, 11) is 0. The standard InChI is InChI=1S/C13H9Br2ClN2S/c14-9-6-8(2-3-11(9)16)18-12-4-1-7(13(17)19)5-10(12)15/h1-6,18H,(H2,17,19). The molecular formula is C13H9Br2ClN2S. The highest BCUT2D eigenvalue weighted by molar-refractivity contribution is 9.11. The van der Waals surface area contributed by atoms with Crippen LogP contribution in [0.5, 0.6) is 0 Å². The Labute approximate surface area is 138 Å². The number of rotatable bonds is 3. The summed E-state index contributed by atoms with van der Waals surface area (Å²) in [5.41, 5.74) is 8.27. The van der Waals surface area contributed by atoms with Gasteiger partial charge in [-0.1, -0.05) is 23.8 Å². The molecule has 0 saturated carbocycles. The van der Waals surface area contributed by atoms with Crippen molar-refractivity contribution in [1.82, 2.24) is 0 Å². The number of benzene rings is 2. The van der Waals surface area contributed by atoms with Crippen molar-refractivity contribution in [1.29, 1.82) is 0 Å². The van der Waals surface area contributed by atoms with Gasteiger partial charge in [0.2, 0.25) is 0 Å². The lowest BCUT2D eigenvalue weighted by molar-refractivity contribution is 1.50. The summed E-state index contributed by atoms with van der Waals surface area (Å²) in [4.78, 5) is 0.376. The third-order valence-electron chi connectivity index (χ3n) is 2.45. The Balaban J connectivity index is 2.28. The molecule has 0 atom stereocenters. The molecule has 0 bridgehead atoms. The van der Waals surface area contributed by atoms with Gasteiger partial charge in [-0.2, -0.15) is 0 Å². The third-order valence-corrected chi connectivity index (χ3v) is 4.56. The van der Waals surface area contributed by atoms with Crippen LogP contribution >= 0.6 is 55.7 Å². The van der Waals surface area contributed by atoms with E-state index in [2.05, 4.69) is 37.2 Å². The number of halogens is 3. The summed E-state index contributed by atoms with van der Waals surface area (Å²) < 4.78 is 1.74. The van der Waals surface area contributed by atoms with Crippen molar-refractivity contribution in [3.05, 3.63) is 55.9 Å². The van der Waals surface area contributed by atoms with Gasteiger partial charge in [0.25, 0.3) is 0 Å². The van der Waals surface area contributed by atoms with Gasteiger partial charge in [0, 0.05) is 20.2 Å². The molecule has 98 valence electrons. The van der Waals surface area contributed by atoms with Gasteiger partial charge in [-0.05, 0) is 68.3 Å². The molecule has 0 fully saturated rings. The molecule has 0 radical (unpaired) electrons. The molecule has 6 heteroatoms. The lowest BCUT2D eigenvalue weighted by atomic mass is 10.2. The summed E-state index contributed by atoms with van der Waals surface area (Å²) in [6.45, 7) is 0. The Kier molecular flexibility index (Phi) is 4.84. The van der Waals surface area contributed by atoms with Crippen LogP contribution < -0.4 is 11.1 Å². The molecule has 2 aromatic rings. The van der Waals surface area contributed by atoms with Gasteiger partial charge in [-0.15, -0.1) is 0 Å². The second-order valence-corrected chi connectivity index (χ2v) is 6.37. The Morgan fingerprint density at radius 3 is 2.42 bits per heavy atom. The molecule has 2 rings (SSSR count). The first-order valence-corrected chi connectivity index (χ1v) is 7.66. The van der Waals surface area contributed by atoms with Crippen LogP contribution in [-0.4, -0.2) is 4.99 Å². The molecule has 2 aromatic carbocycles. The van der Waals surface area contributed by atoms with E-state index in [0.29, 0.717) is 10.0 Å². The minimum Gasteiger partial charge on any atom is -0.389 e. The van der Waals surface area contributed by atoms with Crippen molar-refractivity contribution < 1.29 is 0 Å². The summed E-state index contributed by atoms with van der Waals surface area (Å²) in [6.07, 6.45) is 0. The molecule has 0 saturated heterocycles. The van der Waals surface area contributed by atoms with E-state index < -0.39 is 0 Å². The predicted octanol–water partition coefficient (Wildman–Crippen LogP) is 5.24. The average molecular weight is 421 g/mol. The van der Waals surface area contributed by atoms with Crippen molar-refractivity contribution >= 4 is 72.0 Å². The first-order valence-electron chi connectivity index (χ1n) is 5.29. The van der Waals surface area contributed by atoms with Crippen LogP contribution in [0.3, 0.4) is 0 Å². The maximum absolute atomic E-state index is 5.96. The van der Waals surface area contributed by atoms with Crippen molar-refractivity contribution in [2.45, 2.75) is 0 Å². The van der Waals surface area contributed by atoms with E-state index >= 15 is 0 Å². The average Bonchev–Trinajstić information content (AvgIpc) is 2.36. The molecule has 0 unspecified atom stereocenters. The van der Waals surface area contributed by atoms with Gasteiger partial charge in [0.05, 0.1) is 10.7 Å². The molecule has 0 spiro atoms. The monoisotopic (exact) mass is 418 g/mol. The molecular weight excluding hydrogens is 411 g/mol. The van der Waals surface area contributed by atoms with Crippen LogP contribution in [0.4, 0.5) is 11.4 Å². The number of thiocarbonyl (C=S) groups is 1. The molecule has 19 heavy (non-hydrogen) atoms. The maximum Gasteiger partial charge on any atom is 0.104 e. The Morgan fingerprint density at radius 1 is 1.11 bits per heavy atom. The lowest BCUT2D eigenvalue weighted by Crippen LogP contribution is -2.09. The van der Waals surface area contributed by atoms with Crippen LogP contribution in [0.25, 0.3) is 0 Å². The zero-order valence-electron chi connectivity index (χ0n) is 9.58. The quantitative estimate of drug-likeness (QED) is 0.667. The molecule has 3 N–H and O–H groups in total. The smallest absolute Gasteiger partial charge is 0.104 e. The fourth-order valence-corrected chi connectivity index (χ4v) is 2.60. The van der Waals surface area contributed by atoms with Crippen molar-refractivity contribution in [2.24, 2.45) is 5.73 Å². The van der Waals surface area contributed by atoms with Crippen molar-refractivity contribution in [3.63, 3.8) is 0 Å². The SMILES string of the molecule is NC(=S)c1ccc(Nc2ccc(Cl)c(Br)c2)c(Br)c1. The van der Waals surface area contributed by atoms with Gasteiger partial charge in [0.15, 0.2) is 0 Å². The first-order chi connectivity index (χ1) is 8.97. The molecule has 0 aliphatic rings. The highest BCUT2D eigenvalue weighted by Gasteiger charge is 2.05. The lowest BCUT2D eigenvalue weighted by Gasteiger charge is -2.10. The van der Waals surface area contributed by atoms with Crippen LogP contribution in [0.1, 0.15) is 5.56 Å². The second kappa shape index (κ2) is 6.22. The molecule has 0 aromatic heterocycles. The highest BCUT2D eigenvalue weighted by Crippen LogP contribution is 2.30. The Morgan fingerprint density at radius 2 is 1.84 bits per heavy atom. The normalized spacial score (nSPS) is 10.3. The number of nitrogens with one attached hydrogen (secondary N) is 1. The van der Waals surface area contributed by atoms with Crippen molar-refractivity contribution in [3.8, 4) is 0 Å². The Bertz CT molecular complexity index is 647. The van der Waals surface area contributed by atoms with E-state index in [0.717, 1.165) is 25.9 Å². The number of hydrogen-bond acceptors (Lipinski definition) is 2. The zero-order valence-corrected chi connectivity index (χ0v) is 14.3. The van der Waals surface area contributed by atoms with Crippen LogP contribution in [-0.2, 0) is 0 Å². The molecule has 0 aliphatic heterocycles. The van der Waals surface area contributed by atoms with Gasteiger partial charge in [0.1, 0.15) is 4.99 Å². The largest absolute Gasteiger partial charge is 0.389 e. The van der Waals surface area contributed by atoms with Gasteiger partial charge in [-0.25, -0.2) is 0 Å². The van der Waals surface area contributed by atoms with E-state index in [1.54, 1.807) is 0 Å². The summed E-state index contributed by atoms with van der Waals surface area (Å²) in [6, 6.07) is 11.3. The fourth-order valence-electron chi connectivity index (χ4n) is 1.50. The topological polar surface area (TPSA) is 38.0 Å².